The van der Waals surface area contributed by atoms with Gasteiger partial charge in [0.1, 0.15) is 5.76 Å². The highest BCUT2D eigenvalue weighted by atomic mass is 16.5. The van der Waals surface area contributed by atoms with E-state index in [0.29, 0.717) is 63.7 Å². The quantitative estimate of drug-likeness (QED) is 0.793. The van der Waals surface area contributed by atoms with Crippen LogP contribution < -0.4 is 5.32 Å². The highest BCUT2D eigenvalue weighted by molar-refractivity contribution is 5.88. The summed E-state index contributed by atoms with van der Waals surface area (Å²) in [5.41, 5.74) is -0.181. The summed E-state index contributed by atoms with van der Waals surface area (Å²) >= 11 is 0. The number of nitrogens with zero attached hydrogens (tertiary/aromatic N) is 4. The molecule has 2 saturated heterocycles. The first-order valence-corrected chi connectivity index (χ1v) is 10.7. The first-order valence-electron chi connectivity index (χ1n) is 10.7. The summed E-state index contributed by atoms with van der Waals surface area (Å²) in [6, 6.07) is 1.52. The molecule has 0 bridgehead atoms. The van der Waals surface area contributed by atoms with Crippen LogP contribution >= 0.6 is 0 Å². The Labute approximate surface area is 177 Å². The Hall–Kier alpha value is -2.58. The molecule has 9 heteroatoms. The van der Waals surface area contributed by atoms with E-state index in [1.807, 2.05) is 25.7 Å². The predicted molar refractivity (Wildman–Crippen MR) is 112 cm³/mol. The second-order valence-corrected chi connectivity index (χ2v) is 9.20. The van der Waals surface area contributed by atoms with Gasteiger partial charge in [-0.1, -0.05) is 25.9 Å². The number of amides is 4. The van der Waals surface area contributed by atoms with Gasteiger partial charge in [0, 0.05) is 63.6 Å². The lowest BCUT2D eigenvalue weighted by Crippen LogP contribution is -2.45. The molecule has 1 aromatic heterocycles. The number of likely N-dealkylation sites (tertiary alicyclic amines) is 1. The third-order valence-electron chi connectivity index (χ3n) is 5.87. The third-order valence-corrected chi connectivity index (χ3v) is 5.87. The molecule has 3 heterocycles. The summed E-state index contributed by atoms with van der Waals surface area (Å²) in [5, 5.41) is 6.73. The molecule has 1 aromatic rings. The zero-order valence-electron chi connectivity index (χ0n) is 18.4. The molecule has 2 aliphatic rings. The van der Waals surface area contributed by atoms with Gasteiger partial charge in [0.15, 0.2) is 5.82 Å². The maximum Gasteiger partial charge on any atom is 0.323 e. The van der Waals surface area contributed by atoms with Crippen LogP contribution in [0.1, 0.15) is 52.7 Å². The van der Waals surface area contributed by atoms with Gasteiger partial charge in [0.25, 0.3) is 0 Å². The fourth-order valence-electron chi connectivity index (χ4n) is 3.92. The number of hydrogen-bond donors (Lipinski definition) is 1. The fourth-order valence-corrected chi connectivity index (χ4v) is 3.92. The molecule has 0 spiro atoms. The van der Waals surface area contributed by atoms with Gasteiger partial charge in [-0.05, 0) is 19.3 Å². The zero-order chi connectivity index (χ0) is 21.9. The van der Waals surface area contributed by atoms with E-state index in [9.17, 15) is 14.4 Å². The van der Waals surface area contributed by atoms with Crippen molar-refractivity contribution in [2.24, 2.45) is 5.92 Å². The molecule has 2 aliphatic heterocycles. The molecule has 166 valence electrons. The van der Waals surface area contributed by atoms with Crippen LogP contribution in [0.4, 0.5) is 10.6 Å². The van der Waals surface area contributed by atoms with Crippen molar-refractivity contribution in [2.75, 3.05) is 44.6 Å². The Kier molecular flexibility index (Phi) is 6.67. The van der Waals surface area contributed by atoms with Gasteiger partial charge in [0.05, 0.1) is 0 Å². The Morgan fingerprint density at radius 1 is 1.00 bits per heavy atom. The van der Waals surface area contributed by atoms with Crippen molar-refractivity contribution in [3.05, 3.63) is 11.8 Å². The van der Waals surface area contributed by atoms with Crippen LogP contribution in [0.15, 0.2) is 10.6 Å². The Balaban J connectivity index is 1.51. The normalized spacial score (nSPS) is 18.9. The Bertz CT molecular complexity index is 777. The van der Waals surface area contributed by atoms with Crippen molar-refractivity contribution in [3.63, 3.8) is 0 Å². The number of carbonyl (C=O) groups excluding carboxylic acids is 3. The SMILES string of the molecule is CC(=O)N1CCC(C(=O)N2CCCN(C(=O)Nc3cc(C(C)(C)C)on3)CC2)CC1. The number of piperidine rings is 1. The van der Waals surface area contributed by atoms with Crippen molar-refractivity contribution in [1.82, 2.24) is 19.9 Å². The number of nitrogens with one attached hydrogen (secondary N) is 1. The van der Waals surface area contributed by atoms with Gasteiger partial charge in [-0.25, -0.2) is 4.79 Å². The number of hydrogen-bond acceptors (Lipinski definition) is 5. The lowest BCUT2D eigenvalue weighted by molar-refractivity contribution is -0.140. The van der Waals surface area contributed by atoms with Gasteiger partial charge in [-0.3, -0.25) is 14.9 Å². The highest BCUT2D eigenvalue weighted by Crippen LogP contribution is 2.25. The largest absolute Gasteiger partial charge is 0.359 e. The van der Waals surface area contributed by atoms with Crippen LogP contribution in [-0.2, 0) is 15.0 Å². The summed E-state index contributed by atoms with van der Waals surface area (Å²) in [5.74, 6) is 1.29. The van der Waals surface area contributed by atoms with E-state index in [-0.39, 0.29) is 29.2 Å². The van der Waals surface area contributed by atoms with Crippen LogP contribution in [0.3, 0.4) is 0 Å². The number of anilines is 1. The first-order chi connectivity index (χ1) is 14.1. The van der Waals surface area contributed by atoms with E-state index in [4.69, 9.17) is 4.52 Å². The number of rotatable bonds is 2. The molecule has 2 fully saturated rings. The number of aromatic nitrogens is 1. The molecule has 0 saturated carbocycles. The monoisotopic (exact) mass is 419 g/mol. The second-order valence-electron chi connectivity index (χ2n) is 9.20. The van der Waals surface area contributed by atoms with Crippen LogP contribution in [0, 0.1) is 5.92 Å². The highest BCUT2D eigenvalue weighted by Gasteiger charge is 2.31. The average molecular weight is 420 g/mol. The molecule has 4 amide bonds. The molecule has 30 heavy (non-hydrogen) atoms. The van der Waals surface area contributed by atoms with E-state index in [0.717, 1.165) is 6.42 Å². The summed E-state index contributed by atoms with van der Waals surface area (Å²) in [6.07, 6.45) is 2.15. The second kappa shape index (κ2) is 9.06. The minimum Gasteiger partial charge on any atom is -0.359 e. The summed E-state index contributed by atoms with van der Waals surface area (Å²) in [4.78, 5) is 42.4. The van der Waals surface area contributed by atoms with E-state index >= 15 is 0 Å². The minimum atomic E-state index is -0.229. The standard InChI is InChI=1S/C21H33N5O4/c1-15(27)24-10-6-16(7-11-24)19(28)25-8-5-9-26(13-12-25)20(29)22-18-14-17(30-23-18)21(2,3)4/h14,16H,5-13H2,1-4H3,(H,22,23,29). The molecule has 9 nitrogen and oxygen atoms in total. The van der Waals surface area contributed by atoms with Gasteiger partial charge in [0.2, 0.25) is 11.8 Å². The molecule has 0 unspecified atom stereocenters. The molecule has 0 atom stereocenters. The molecule has 0 aliphatic carbocycles. The van der Waals surface area contributed by atoms with Crippen LogP contribution in [0.25, 0.3) is 0 Å². The van der Waals surface area contributed by atoms with Gasteiger partial charge in [-0.15, -0.1) is 0 Å². The summed E-state index contributed by atoms with van der Waals surface area (Å²) in [6.45, 7) is 11.1. The lowest BCUT2D eigenvalue weighted by Gasteiger charge is -2.33. The van der Waals surface area contributed by atoms with E-state index in [2.05, 4.69) is 10.5 Å². The third kappa shape index (κ3) is 5.31. The van der Waals surface area contributed by atoms with Crippen molar-refractivity contribution in [3.8, 4) is 0 Å². The lowest BCUT2D eigenvalue weighted by atomic mass is 9.93. The molecule has 0 radical (unpaired) electrons. The van der Waals surface area contributed by atoms with Gasteiger partial charge >= 0.3 is 6.03 Å². The number of carbonyl (C=O) groups is 3. The zero-order valence-corrected chi connectivity index (χ0v) is 18.4. The maximum atomic E-state index is 12.9. The van der Waals surface area contributed by atoms with Gasteiger partial charge in [-0.2, -0.15) is 0 Å². The first kappa shape index (κ1) is 22.1. The summed E-state index contributed by atoms with van der Waals surface area (Å²) in [7, 11) is 0. The van der Waals surface area contributed by atoms with E-state index in [1.54, 1.807) is 22.8 Å². The van der Waals surface area contributed by atoms with Crippen LogP contribution in [0.5, 0.6) is 0 Å². The average Bonchev–Trinajstić information content (AvgIpc) is 3.03. The minimum absolute atomic E-state index is 0.0353. The topological polar surface area (TPSA) is 99.0 Å². The Morgan fingerprint density at radius 3 is 2.23 bits per heavy atom. The van der Waals surface area contributed by atoms with Crippen LogP contribution in [-0.4, -0.2) is 77.0 Å². The van der Waals surface area contributed by atoms with Crippen molar-refractivity contribution < 1.29 is 18.9 Å². The fraction of sp³-hybridized carbons (Fsp3) is 0.714. The Morgan fingerprint density at radius 2 is 1.63 bits per heavy atom. The van der Waals surface area contributed by atoms with E-state index < -0.39 is 0 Å². The number of urea groups is 1. The molecular weight excluding hydrogens is 386 g/mol. The summed E-state index contributed by atoms with van der Waals surface area (Å²) < 4.78 is 5.32. The molecule has 3 rings (SSSR count). The maximum absolute atomic E-state index is 12.9. The molecule has 0 aromatic carbocycles. The predicted octanol–water partition coefficient (Wildman–Crippen LogP) is 2.30. The smallest absolute Gasteiger partial charge is 0.323 e. The molecular formula is C21H33N5O4. The van der Waals surface area contributed by atoms with Crippen molar-refractivity contribution >= 4 is 23.7 Å². The van der Waals surface area contributed by atoms with Crippen molar-refractivity contribution in [1.29, 1.82) is 0 Å². The van der Waals surface area contributed by atoms with Gasteiger partial charge < -0.3 is 19.2 Å². The van der Waals surface area contributed by atoms with E-state index in [1.165, 1.54) is 0 Å². The van der Waals surface area contributed by atoms with Crippen LogP contribution in [0.2, 0.25) is 0 Å². The molecule has 1 N–H and O–H groups in total. The van der Waals surface area contributed by atoms with Crippen molar-refractivity contribution in [2.45, 2.75) is 52.4 Å².